The van der Waals surface area contributed by atoms with Crippen LogP contribution in [0.15, 0.2) is 36.4 Å². The van der Waals surface area contributed by atoms with Crippen molar-refractivity contribution in [3.05, 3.63) is 53.1 Å². The van der Waals surface area contributed by atoms with Crippen molar-refractivity contribution >= 4 is 34.8 Å². The Bertz CT molecular complexity index is 952. The standard InChI is InChI=1S/C21H21N3O3/c1-2-20(26)24-10-9-14-11-15(3-7-18(14)24)21(27)22-16-5-6-17-13(12-16)4-8-19(25)23-17/h3,5-7,11-12H,2,4,8-10H2,1H3,(H,22,27)(H,23,25). The van der Waals surface area contributed by atoms with E-state index in [9.17, 15) is 14.4 Å². The predicted molar refractivity (Wildman–Crippen MR) is 104 cm³/mol. The summed E-state index contributed by atoms with van der Waals surface area (Å²) in [6.45, 7) is 2.52. The molecule has 6 nitrogen and oxygen atoms in total. The molecule has 0 saturated heterocycles. The van der Waals surface area contributed by atoms with Crippen LogP contribution in [0, 0.1) is 0 Å². The molecule has 2 aliphatic heterocycles. The number of aryl methyl sites for hydroxylation is 1. The normalized spacial score (nSPS) is 15.0. The molecule has 6 heteroatoms. The molecule has 0 radical (unpaired) electrons. The van der Waals surface area contributed by atoms with Gasteiger partial charge in [-0.3, -0.25) is 14.4 Å². The lowest BCUT2D eigenvalue weighted by Crippen LogP contribution is -2.27. The lowest BCUT2D eigenvalue weighted by Gasteiger charge is -2.18. The Balaban J connectivity index is 1.51. The van der Waals surface area contributed by atoms with E-state index in [1.807, 2.05) is 31.2 Å². The van der Waals surface area contributed by atoms with Crippen LogP contribution in [0.2, 0.25) is 0 Å². The number of nitrogens with zero attached hydrogens (tertiary/aromatic N) is 1. The van der Waals surface area contributed by atoms with Crippen LogP contribution >= 0.6 is 0 Å². The van der Waals surface area contributed by atoms with Gasteiger partial charge in [0.1, 0.15) is 0 Å². The summed E-state index contributed by atoms with van der Waals surface area (Å²) in [6.07, 6.45) is 2.37. The molecule has 3 amide bonds. The van der Waals surface area contributed by atoms with Gasteiger partial charge in [0.2, 0.25) is 11.8 Å². The van der Waals surface area contributed by atoms with Crippen molar-refractivity contribution in [3.63, 3.8) is 0 Å². The van der Waals surface area contributed by atoms with Crippen molar-refractivity contribution in [2.75, 3.05) is 22.1 Å². The highest BCUT2D eigenvalue weighted by Crippen LogP contribution is 2.30. The maximum absolute atomic E-state index is 12.6. The molecule has 0 atom stereocenters. The molecule has 4 rings (SSSR count). The van der Waals surface area contributed by atoms with Crippen LogP contribution in [0.25, 0.3) is 0 Å². The highest BCUT2D eigenvalue weighted by molar-refractivity contribution is 6.05. The number of rotatable bonds is 3. The highest BCUT2D eigenvalue weighted by Gasteiger charge is 2.24. The molecule has 2 aliphatic rings. The third-order valence-electron chi connectivity index (χ3n) is 5.10. The molecular formula is C21H21N3O3. The van der Waals surface area contributed by atoms with Gasteiger partial charge in [-0.1, -0.05) is 6.92 Å². The summed E-state index contributed by atoms with van der Waals surface area (Å²) in [6, 6.07) is 11.0. The van der Waals surface area contributed by atoms with E-state index < -0.39 is 0 Å². The van der Waals surface area contributed by atoms with Crippen molar-refractivity contribution in [1.29, 1.82) is 0 Å². The van der Waals surface area contributed by atoms with Gasteiger partial charge < -0.3 is 15.5 Å². The van der Waals surface area contributed by atoms with Gasteiger partial charge in [0.25, 0.3) is 5.91 Å². The summed E-state index contributed by atoms with van der Waals surface area (Å²) < 4.78 is 0. The molecule has 2 heterocycles. The first-order valence-corrected chi connectivity index (χ1v) is 9.22. The lowest BCUT2D eigenvalue weighted by molar-refractivity contribution is -0.118. The first-order chi connectivity index (χ1) is 13.0. The predicted octanol–water partition coefficient (Wildman–Crippen LogP) is 3.12. The van der Waals surface area contributed by atoms with Crippen LogP contribution in [0.5, 0.6) is 0 Å². The van der Waals surface area contributed by atoms with Crippen molar-refractivity contribution in [1.82, 2.24) is 0 Å². The first kappa shape index (κ1) is 17.3. The minimum Gasteiger partial charge on any atom is -0.326 e. The average molecular weight is 363 g/mol. The van der Waals surface area contributed by atoms with E-state index in [0.29, 0.717) is 37.1 Å². The lowest BCUT2D eigenvalue weighted by atomic mass is 10.0. The van der Waals surface area contributed by atoms with Gasteiger partial charge in [0, 0.05) is 42.0 Å². The Morgan fingerprint density at radius 1 is 1.07 bits per heavy atom. The molecule has 0 aliphatic carbocycles. The van der Waals surface area contributed by atoms with E-state index in [1.54, 1.807) is 17.0 Å². The molecule has 0 fully saturated rings. The van der Waals surface area contributed by atoms with Crippen LogP contribution in [0.4, 0.5) is 17.1 Å². The topological polar surface area (TPSA) is 78.5 Å². The largest absolute Gasteiger partial charge is 0.326 e. The van der Waals surface area contributed by atoms with Crippen LogP contribution in [-0.2, 0) is 22.4 Å². The van der Waals surface area contributed by atoms with E-state index in [4.69, 9.17) is 0 Å². The van der Waals surface area contributed by atoms with Crippen molar-refractivity contribution < 1.29 is 14.4 Å². The second kappa shape index (κ2) is 6.87. The number of amides is 3. The van der Waals surface area contributed by atoms with Crippen LogP contribution in [-0.4, -0.2) is 24.3 Å². The fourth-order valence-electron chi connectivity index (χ4n) is 3.66. The van der Waals surface area contributed by atoms with E-state index in [-0.39, 0.29) is 17.7 Å². The van der Waals surface area contributed by atoms with Gasteiger partial charge in [-0.15, -0.1) is 0 Å². The van der Waals surface area contributed by atoms with Crippen LogP contribution < -0.4 is 15.5 Å². The molecule has 138 valence electrons. The third kappa shape index (κ3) is 3.30. The minimum absolute atomic E-state index is 0.0213. The number of benzene rings is 2. The Kier molecular flexibility index (Phi) is 4.39. The van der Waals surface area contributed by atoms with Gasteiger partial charge in [-0.25, -0.2) is 0 Å². The molecule has 27 heavy (non-hydrogen) atoms. The zero-order chi connectivity index (χ0) is 19.0. The van der Waals surface area contributed by atoms with E-state index in [0.717, 1.165) is 28.9 Å². The number of carbonyl (C=O) groups excluding carboxylic acids is 3. The number of fused-ring (bicyclic) bond motifs is 2. The molecule has 0 saturated carbocycles. The Hall–Kier alpha value is -3.15. The quantitative estimate of drug-likeness (QED) is 0.879. The molecular weight excluding hydrogens is 342 g/mol. The first-order valence-electron chi connectivity index (χ1n) is 9.22. The number of anilines is 3. The highest BCUT2D eigenvalue weighted by atomic mass is 16.2. The van der Waals surface area contributed by atoms with Gasteiger partial charge in [0.05, 0.1) is 0 Å². The van der Waals surface area contributed by atoms with Gasteiger partial charge >= 0.3 is 0 Å². The van der Waals surface area contributed by atoms with Crippen LogP contribution in [0.3, 0.4) is 0 Å². The zero-order valence-corrected chi connectivity index (χ0v) is 15.2. The van der Waals surface area contributed by atoms with E-state index in [2.05, 4.69) is 10.6 Å². The molecule has 2 aromatic carbocycles. The Morgan fingerprint density at radius 2 is 1.93 bits per heavy atom. The monoisotopic (exact) mass is 363 g/mol. The summed E-state index contributed by atoms with van der Waals surface area (Å²) in [5.41, 5.74) is 5.04. The Labute approximate surface area is 157 Å². The number of carbonyl (C=O) groups is 3. The smallest absolute Gasteiger partial charge is 0.255 e. The van der Waals surface area contributed by atoms with Crippen molar-refractivity contribution in [2.45, 2.75) is 32.6 Å². The molecule has 2 aromatic rings. The van der Waals surface area contributed by atoms with Gasteiger partial charge in [-0.05, 0) is 60.4 Å². The summed E-state index contributed by atoms with van der Waals surface area (Å²) in [5.74, 6) is -0.0574. The van der Waals surface area contributed by atoms with E-state index in [1.165, 1.54) is 0 Å². The summed E-state index contributed by atoms with van der Waals surface area (Å²) in [7, 11) is 0. The van der Waals surface area contributed by atoms with Crippen molar-refractivity contribution in [2.24, 2.45) is 0 Å². The average Bonchev–Trinajstić information content (AvgIpc) is 3.10. The van der Waals surface area contributed by atoms with Crippen LogP contribution in [0.1, 0.15) is 41.3 Å². The number of hydrogen-bond donors (Lipinski definition) is 2. The minimum atomic E-state index is -0.183. The third-order valence-corrected chi connectivity index (χ3v) is 5.10. The van der Waals surface area contributed by atoms with Gasteiger partial charge in [-0.2, -0.15) is 0 Å². The fraction of sp³-hybridized carbons (Fsp3) is 0.286. The van der Waals surface area contributed by atoms with E-state index >= 15 is 0 Å². The summed E-state index contributed by atoms with van der Waals surface area (Å²) in [4.78, 5) is 37.9. The van der Waals surface area contributed by atoms with Gasteiger partial charge in [0.15, 0.2) is 0 Å². The molecule has 2 N–H and O–H groups in total. The zero-order valence-electron chi connectivity index (χ0n) is 15.2. The molecule has 0 unspecified atom stereocenters. The Morgan fingerprint density at radius 3 is 2.74 bits per heavy atom. The molecule has 0 aromatic heterocycles. The second-order valence-corrected chi connectivity index (χ2v) is 6.87. The number of nitrogens with one attached hydrogen (secondary N) is 2. The fourth-order valence-corrected chi connectivity index (χ4v) is 3.66. The second-order valence-electron chi connectivity index (χ2n) is 6.87. The summed E-state index contributed by atoms with van der Waals surface area (Å²) in [5, 5.41) is 5.76. The van der Waals surface area contributed by atoms with Crippen molar-refractivity contribution in [3.8, 4) is 0 Å². The maximum Gasteiger partial charge on any atom is 0.255 e. The number of hydrogen-bond acceptors (Lipinski definition) is 3. The SMILES string of the molecule is CCC(=O)N1CCc2cc(C(=O)Nc3ccc4c(c3)CCC(=O)N4)ccc21. The summed E-state index contributed by atoms with van der Waals surface area (Å²) >= 11 is 0. The maximum atomic E-state index is 12.6. The molecule has 0 bridgehead atoms. The molecule has 0 spiro atoms.